The highest BCUT2D eigenvalue weighted by atomic mass is 16.2. The highest BCUT2D eigenvalue weighted by molar-refractivity contribution is 5.91. The van der Waals surface area contributed by atoms with E-state index in [4.69, 9.17) is 0 Å². The van der Waals surface area contributed by atoms with Gasteiger partial charge in [-0.3, -0.25) is 9.59 Å². The van der Waals surface area contributed by atoms with Crippen LogP contribution in [0.4, 0.5) is 5.69 Å². The number of carbonyl (C=O) groups excluding carboxylic acids is 1. The summed E-state index contributed by atoms with van der Waals surface area (Å²) < 4.78 is 2.95. The zero-order valence-corrected chi connectivity index (χ0v) is 14.7. The molecule has 0 spiro atoms. The zero-order valence-electron chi connectivity index (χ0n) is 14.7. The minimum absolute atomic E-state index is 0.158. The van der Waals surface area contributed by atoms with Crippen LogP contribution in [0.2, 0.25) is 0 Å². The molecule has 2 aromatic carbocycles. The van der Waals surface area contributed by atoms with Gasteiger partial charge in [0.1, 0.15) is 6.54 Å². The lowest BCUT2D eigenvalue weighted by Crippen LogP contribution is -2.29. The van der Waals surface area contributed by atoms with Crippen LogP contribution in [0.5, 0.6) is 0 Å². The third-order valence-electron chi connectivity index (χ3n) is 4.26. The van der Waals surface area contributed by atoms with Gasteiger partial charge in [0.05, 0.1) is 17.3 Å². The van der Waals surface area contributed by atoms with E-state index >= 15 is 0 Å². The van der Waals surface area contributed by atoms with Gasteiger partial charge in [-0.15, -0.1) is 0 Å². The first-order chi connectivity index (χ1) is 13.1. The van der Waals surface area contributed by atoms with Crippen molar-refractivity contribution in [3.8, 4) is 5.69 Å². The Morgan fingerprint density at radius 2 is 1.93 bits per heavy atom. The summed E-state index contributed by atoms with van der Waals surface area (Å²) in [6, 6.07) is 16.4. The highest BCUT2D eigenvalue weighted by Gasteiger charge is 2.09. The molecule has 0 fully saturated rings. The number of hydrogen-bond acceptors (Lipinski definition) is 4. The van der Waals surface area contributed by atoms with Crippen LogP contribution < -0.4 is 10.9 Å². The van der Waals surface area contributed by atoms with Gasteiger partial charge in [0.15, 0.2) is 0 Å². The summed E-state index contributed by atoms with van der Waals surface area (Å²) in [7, 11) is 0. The van der Waals surface area contributed by atoms with Gasteiger partial charge < -0.3 is 5.32 Å². The molecule has 0 saturated heterocycles. The lowest BCUT2D eigenvalue weighted by molar-refractivity contribution is -0.117. The number of nitrogens with one attached hydrogen (secondary N) is 1. The first-order valence-electron chi connectivity index (χ1n) is 8.47. The Bertz CT molecular complexity index is 1190. The standard InChI is InChI=1S/C20H17N5O2/c1-14-9-10-21-25(14)17-7-4-6-16(11-17)23-19(26)13-24-20(27)18-8-3-2-5-15(18)12-22-24/h2-12H,13H2,1H3,(H,23,26). The van der Waals surface area contributed by atoms with Crippen molar-refractivity contribution in [2.24, 2.45) is 0 Å². The smallest absolute Gasteiger partial charge is 0.275 e. The summed E-state index contributed by atoms with van der Waals surface area (Å²) in [6.45, 7) is 1.80. The van der Waals surface area contributed by atoms with Crippen molar-refractivity contribution in [3.63, 3.8) is 0 Å². The summed E-state index contributed by atoms with van der Waals surface area (Å²) in [6.07, 6.45) is 3.31. The minimum atomic E-state index is -0.325. The Balaban J connectivity index is 1.54. The first-order valence-corrected chi connectivity index (χ1v) is 8.47. The van der Waals surface area contributed by atoms with Gasteiger partial charge in [-0.05, 0) is 37.3 Å². The SMILES string of the molecule is Cc1ccnn1-c1cccc(NC(=O)Cn2ncc3ccccc3c2=O)c1. The molecule has 0 radical (unpaired) electrons. The van der Waals surface area contributed by atoms with Crippen molar-refractivity contribution in [1.82, 2.24) is 19.6 Å². The molecule has 0 aliphatic heterocycles. The average Bonchev–Trinajstić information content (AvgIpc) is 3.10. The predicted molar refractivity (Wildman–Crippen MR) is 103 cm³/mol. The molecule has 0 aliphatic carbocycles. The monoisotopic (exact) mass is 359 g/mol. The maximum atomic E-state index is 12.5. The van der Waals surface area contributed by atoms with Crippen LogP contribution in [0.25, 0.3) is 16.5 Å². The molecule has 7 nitrogen and oxygen atoms in total. The molecule has 4 rings (SSSR count). The van der Waals surface area contributed by atoms with E-state index in [0.717, 1.165) is 16.8 Å². The van der Waals surface area contributed by atoms with E-state index in [1.807, 2.05) is 43.3 Å². The number of benzene rings is 2. The van der Waals surface area contributed by atoms with Gasteiger partial charge in [-0.2, -0.15) is 10.2 Å². The molecule has 0 saturated carbocycles. The van der Waals surface area contributed by atoms with E-state index in [9.17, 15) is 9.59 Å². The van der Waals surface area contributed by atoms with Gasteiger partial charge in [0.25, 0.3) is 5.56 Å². The Labute approximate surface area is 154 Å². The number of hydrogen-bond donors (Lipinski definition) is 1. The molecule has 0 bridgehead atoms. The molecule has 1 N–H and O–H groups in total. The fourth-order valence-electron chi connectivity index (χ4n) is 2.93. The largest absolute Gasteiger partial charge is 0.324 e. The molecule has 0 atom stereocenters. The maximum absolute atomic E-state index is 12.5. The van der Waals surface area contributed by atoms with Gasteiger partial charge >= 0.3 is 0 Å². The van der Waals surface area contributed by atoms with Crippen molar-refractivity contribution in [2.45, 2.75) is 13.5 Å². The molecular weight excluding hydrogens is 342 g/mol. The molecule has 2 aromatic heterocycles. The molecule has 4 aromatic rings. The van der Waals surface area contributed by atoms with E-state index < -0.39 is 0 Å². The topological polar surface area (TPSA) is 81.8 Å². The van der Waals surface area contributed by atoms with Crippen LogP contribution in [-0.4, -0.2) is 25.5 Å². The summed E-state index contributed by atoms with van der Waals surface area (Å²) >= 11 is 0. The number of amides is 1. The predicted octanol–water partition coefficient (Wildman–Crippen LogP) is 2.53. The van der Waals surface area contributed by atoms with Crippen molar-refractivity contribution in [2.75, 3.05) is 5.32 Å². The average molecular weight is 359 g/mol. The second kappa shape index (κ2) is 6.87. The van der Waals surface area contributed by atoms with Crippen LogP contribution in [0.15, 0.2) is 71.8 Å². The number of aromatic nitrogens is 4. The molecule has 0 aliphatic rings. The quantitative estimate of drug-likeness (QED) is 0.607. The molecule has 7 heteroatoms. The van der Waals surface area contributed by atoms with Crippen molar-refractivity contribution >= 4 is 22.4 Å². The zero-order chi connectivity index (χ0) is 18.8. The molecule has 0 unspecified atom stereocenters. The number of aryl methyl sites for hydroxylation is 1. The Hall–Kier alpha value is -3.74. The number of fused-ring (bicyclic) bond motifs is 1. The number of carbonyl (C=O) groups is 1. The first kappa shape index (κ1) is 16.7. The summed E-state index contributed by atoms with van der Waals surface area (Å²) in [5.74, 6) is -0.325. The number of nitrogens with zero attached hydrogens (tertiary/aromatic N) is 4. The Morgan fingerprint density at radius 1 is 1.07 bits per heavy atom. The van der Waals surface area contributed by atoms with Crippen LogP contribution in [0.1, 0.15) is 5.69 Å². The summed E-state index contributed by atoms with van der Waals surface area (Å²) in [5.41, 5.74) is 2.17. The lowest BCUT2D eigenvalue weighted by Gasteiger charge is -2.10. The molecule has 2 heterocycles. The second-order valence-corrected chi connectivity index (χ2v) is 6.18. The molecule has 134 valence electrons. The Kier molecular flexibility index (Phi) is 4.25. The maximum Gasteiger partial charge on any atom is 0.275 e. The van der Waals surface area contributed by atoms with Gasteiger partial charge in [0.2, 0.25) is 5.91 Å². The normalized spacial score (nSPS) is 10.9. The van der Waals surface area contributed by atoms with E-state index in [0.29, 0.717) is 11.1 Å². The van der Waals surface area contributed by atoms with E-state index in [2.05, 4.69) is 15.5 Å². The minimum Gasteiger partial charge on any atom is -0.324 e. The van der Waals surface area contributed by atoms with Crippen LogP contribution in [-0.2, 0) is 11.3 Å². The number of rotatable bonds is 4. The van der Waals surface area contributed by atoms with Crippen LogP contribution in [0.3, 0.4) is 0 Å². The highest BCUT2D eigenvalue weighted by Crippen LogP contribution is 2.15. The van der Waals surface area contributed by atoms with Gasteiger partial charge in [-0.25, -0.2) is 9.36 Å². The van der Waals surface area contributed by atoms with E-state index in [1.165, 1.54) is 4.68 Å². The van der Waals surface area contributed by atoms with Crippen molar-refractivity contribution in [1.29, 1.82) is 0 Å². The third-order valence-corrected chi connectivity index (χ3v) is 4.26. The van der Waals surface area contributed by atoms with E-state index in [1.54, 1.807) is 35.3 Å². The molecular formula is C20H17N5O2. The molecule has 27 heavy (non-hydrogen) atoms. The van der Waals surface area contributed by atoms with Crippen molar-refractivity contribution < 1.29 is 4.79 Å². The fraction of sp³-hybridized carbons (Fsp3) is 0.100. The van der Waals surface area contributed by atoms with Gasteiger partial charge in [-0.1, -0.05) is 24.3 Å². The number of anilines is 1. The van der Waals surface area contributed by atoms with Crippen molar-refractivity contribution in [3.05, 3.63) is 83.0 Å². The fourth-order valence-corrected chi connectivity index (χ4v) is 2.93. The lowest BCUT2D eigenvalue weighted by atomic mass is 10.2. The summed E-state index contributed by atoms with van der Waals surface area (Å²) in [4.78, 5) is 24.9. The van der Waals surface area contributed by atoms with Gasteiger partial charge in [0, 0.05) is 23.0 Å². The van der Waals surface area contributed by atoms with Crippen LogP contribution >= 0.6 is 0 Å². The summed E-state index contributed by atoms with van der Waals surface area (Å²) in [5, 5.41) is 12.4. The Morgan fingerprint density at radius 3 is 2.74 bits per heavy atom. The second-order valence-electron chi connectivity index (χ2n) is 6.18. The van der Waals surface area contributed by atoms with E-state index in [-0.39, 0.29) is 18.0 Å². The molecule has 1 amide bonds. The van der Waals surface area contributed by atoms with Crippen LogP contribution in [0, 0.1) is 6.92 Å². The third kappa shape index (κ3) is 3.35.